The normalized spacial score (nSPS) is 15.0. The maximum atomic E-state index is 6.44. The smallest absolute Gasteiger partial charge is 0.219 e. The van der Waals surface area contributed by atoms with Crippen molar-refractivity contribution < 1.29 is 4.74 Å². The van der Waals surface area contributed by atoms with Gasteiger partial charge in [-0.25, -0.2) is 9.99 Å². The first-order valence-corrected chi connectivity index (χ1v) is 14.4. The number of fused-ring (bicyclic) bond motifs is 3. The molecular formula is C37H34N4O. The molecule has 0 fully saturated rings. The van der Waals surface area contributed by atoms with Crippen LogP contribution < -0.4 is 9.75 Å². The van der Waals surface area contributed by atoms with Gasteiger partial charge in [0, 0.05) is 13.1 Å². The van der Waals surface area contributed by atoms with Crippen LogP contribution in [0.5, 0.6) is 11.6 Å². The van der Waals surface area contributed by atoms with Gasteiger partial charge in [-0.2, -0.15) is 5.10 Å². The van der Waals surface area contributed by atoms with Crippen molar-refractivity contribution in [3.63, 3.8) is 0 Å². The number of aromatic nitrogens is 1. The molecule has 0 atom stereocenters. The van der Waals surface area contributed by atoms with E-state index in [-0.39, 0.29) is 5.41 Å². The molecule has 7 rings (SSSR count). The molecule has 1 aliphatic heterocycles. The molecule has 0 saturated heterocycles. The third kappa shape index (κ3) is 4.24. The molecule has 0 spiro atoms. The number of rotatable bonds is 5. The van der Waals surface area contributed by atoms with Gasteiger partial charge in [-0.05, 0) is 69.1 Å². The average Bonchev–Trinajstić information content (AvgIpc) is 3.57. The maximum Gasteiger partial charge on any atom is 0.219 e. The quantitative estimate of drug-likeness (QED) is 0.217. The molecule has 2 heterocycles. The lowest BCUT2D eigenvalue weighted by molar-refractivity contribution is 0.453. The molecule has 4 aromatic carbocycles. The van der Waals surface area contributed by atoms with Crippen LogP contribution in [-0.4, -0.2) is 29.9 Å². The molecular weight excluding hydrogens is 516 g/mol. The highest BCUT2D eigenvalue weighted by atomic mass is 16.5. The zero-order chi connectivity index (χ0) is 28.9. The fourth-order valence-corrected chi connectivity index (χ4v) is 6.24. The molecule has 5 nitrogen and oxygen atoms in total. The number of nitrogens with zero attached hydrogens (tertiary/aromatic N) is 4. The Kier molecular flexibility index (Phi) is 6.12. The second-order valence-corrected chi connectivity index (χ2v) is 12.2. The van der Waals surface area contributed by atoms with Crippen molar-refractivity contribution in [2.75, 3.05) is 18.7 Å². The number of hydrogen-bond acceptors (Lipinski definition) is 5. The van der Waals surface area contributed by atoms with E-state index in [4.69, 9.17) is 9.72 Å². The summed E-state index contributed by atoms with van der Waals surface area (Å²) in [7, 11) is 2.04. The van der Waals surface area contributed by atoms with E-state index in [0.717, 1.165) is 22.7 Å². The summed E-state index contributed by atoms with van der Waals surface area (Å²) in [5.41, 5.74) is 8.41. The Hall–Kier alpha value is -4.90. The standard InChI is InChI=1S/C37H34N4O/c1-36(2,3)27-22-34(39-35(23-27)42-29-15-6-5-7-16-29)37(26-13-12-14-28(21-26)41-25-40(4)24-38-41)32-19-10-8-17-30(32)31-18-9-11-20-33(31)37/h5-24H,25H2,1-4H3. The van der Waals surface area contributed by atoms with Crippen LogP contribution in [0.4, 0.5) is 5.69 Å². The van der Waals surface area contributed by atoms with E-state index < -0.39 is 5.41 Å². The van der Waals surface area contributed by atoms with E-state index in [1.54, 1.807) is 0 Å². The number of para-hydroxylation sites is 1. The van der Waals surface area contributed by atoms with Gasteiger partial charge in [-0.3, -0.25) is 0 Å². The Labute approximate surface area is 247 Å². The van der Waals surface area contributed by atoms with Crippen molar-refractivity contribution in [3.05, 3.63) is 143 Å². The first kappa shape index (κ1) is 26.0. The lowest BCUT2D eigenvalue weighted by Gasteiger charge is -2.34. The average molecular weight is 551 g/mol. The highest BCUT2D eigenvalue weighted by molar-refractivity contribution is 5.86. The molecule has 0 N–H and O–H groups in total. The summed E-state index contributed by atoms with van der Waals surface area (Å²) in [5, 5.41) is 6.68. The number of pyridine rings is 1. The lowest BCUT2D eigenvalue weighted by Crippen LogP contribution is -2.31. The topological polar surface area (TPSA) is 41.0 Å². The van der Waals surface area contributed by atoms with Gasteiger partial charge in [0.2, 0.25) is 5.88 Å². The van der Waals surface area contributed by atoms with Gasteiger partial charge >= 0.3 is 0 Å². The maximum absolute atomic E-state index is 6.44. The van der Waals surface area contributed by atoms with Crippen LogP contribution in [0.25, 0.3) is 11.1 Å². The summed E-state index contributed by atoms with van der Waals surface area (Å²) in [6.07, 6.45) is 1.87. The summed E-state index contributed by atoms with van der Waals surface area (Å²) >= 11 is 0. The molecule has 0 unspecified atom stereocenters. The minimum Gasteiger partial charge on any atom is -0.439 e. The summed E-state index contributed by atoms with van der Waals surface area (Å²) < 4.78 is 6.44. The van der Waals surface area contributed by atoms with E-state index in [2.05, 4.69) is 116 Å². The molecule has 0 bridgehead atoms. The number of anilines is 1. The van der Waals surface area contributed by atoms with E-state index in [9.17, 15) is 0 Å². The van der Waals surface area contributed by atoms with Crippen LogP contribution >= 0.6 is 0 Å². The van der Waals surface area contributed by atoms with Crippen LogP contribution in [0.3, 0.4) is 0 Å². The van der Waals surface area contributed by atoms with Gasteiger partial charge in [-0.15, -0.1) is 0 Å². The van der Waals surface area contributed by atoms with E-state index in [0.29, 0.717) is 12.5 Å². The molecule has 0 saturated carbocycles. The minimum atomic E-state index is -0.658. The fraction of sp³-hybridized carbons (Fsp3) is 0.189. The zero-order valence-corrected chi connectivity index (χ0v) is 24.5. The molecule has 1 aromatic heterocycles. The second-order valence-electron chi connectivity index (χ2n) is 12.2. The molecule has 208 valence electrons. The highest BCUT2D eigenvalue weighted by Gasteiger charge is 2.48. The second kappa shape index (κ2) is 9.88. The molecule has 0 radical (unpaired) electrons. The van der Waals surface area contributed by atoms with Crippen molar-refractivity contribution in [2.24, 2.45) is 5.10 Å². The van der Waals surface area contributed by atoms with Gasteiger partial charge < -0.3 is 9.64 Å². The lowest BCUT2D eigenvalue weighted by atomic mass is 9.69. The Balaban J connectivity index is 1.53. The van der Waals surface area contributed by atoms with E-state index in [1.807, 2.05) is 48.7 Å². The predicted molar refractivity (Wildman–Crippen MR) is 170 cm³/mol. The van der Waals surface area contributed by atoms with Crippen LogP contribution in [0, 0.1) is 0 Å². The first-order chi connectivity index (χ1) is 20.3. The van der Waals surface area contributed by atoms with Gasteiger partial charge in [0.05, 0.1) is 16.8 Å². The summed E-state index contributed by atoms with van der Waals surface area (Å²) in [6.45, 7) is 7.43. The Morgan fingerprint density at radius 2 is 1.40 bits per heavy atom. The van der Waals surface area contributed by atoms with Crippen molar-refractivity contribution in [1.82, 2.24) is 9.88 Å². The van der Waals surface area contributed by atoms with Gasteiger partial charge in [0.25, 0.3) is 0 Å². The molecule has 1 aliphatic carbocycles. The first-order valence-electron chi connectivity index (χ1n) is 14.4. The van der Waals surface area contributed by atoms with Crippen LogP contribution in [0.15, 0.2) is 120 Å². The van der Waals surface area contributed by atoms with Crippen molar-refractivity contribution in [1.29, 1.82) is 0 Å². The monoisotopic (exact) mass is 550 g/mol. The summed E-state index contributed by atoms with van der Waals surface area (Å²) in [6, 6.07) is 40.5. The summed E-state index contributed by atoms with van der Waals surface area (Å²) in [5.74, 6) is 1.35. The van der Waals surface area contributed by atoms with Gasteiger partial charge in [0.1, 0.15) is 18.8 Å². The molecule has 2 aliphatic rings. The summed E-state index contributed by atoms with van der Waals surface area (Å²) in [4.78, 5) is 7.41. The Morgan fingerprint density at radius 3 is 2.05 bits per heavy atom. The fourth-order valence-electron chi connectivity index (χ4n) is 6.24. The largest absolute Gasteiger partial charge is 0.439 e. The predicted octanol–water partition coefficient (Wildman–Crippen LogP) is 8.19. The van der Waals surface area contributed by atoms with Gasteiger partial charge in [-0.1, -0.05) is 99.6 Å². The van der Waals surface area contributed by atoms with Gasteiger partial charge in [0.15, 0.2) is 0 Å². The van der Waals surface area contributed by atoms with E-state index in [1.165, 1.54) is 27.8 Å². The molecule has 0 amide bonds. The van der Waals surface area contributed by atoms with Crippen LogP contribution in [-0.2, 0) is 10.8 Å². The minimum absolute atomic E-state index is 0.123. The zero-order valence-electron chi connectivity index (χ0n) is 24.5. The Bertz CT molecular complexity index is 1760. The number of benzene rings is 4. The molecule has 5 aromatic rings. The highest BCUT2D eigenvalue weighted by Crippen LogP contribution is 2.56. The third-order valence-electron chi connectivity index (χ3n) is 8.29. The SMILES string of the molecule is CN1C=NN(c2cccc(C3(c4cc(C(C)(C)C)cc(Oc5ccccc5)n4)c4ccccc4-c4ccccc43)c2)C1. The molecule has 42 heavy (non-hydrogen) atoms. The number of hydrogen-bond donors (Lipinski definition) is 0. The third-order valence-corrected chi connectivity index (χ3v) is 8.29. The van der Waals surface area contributed by atoms with E-state index >= 15 is 0 Å². The van der Waals surface area contributed by atoms with Crippen LogP contribution in [0.2, 0.25) is 0 Å². The van der Waals surface area contributed by atoms with Crippen LogP contribution in [0.1, 0.15) is 48.7 Å². The van der Waals surface area contributed by atoms with Crippen molar-refractivity contribution in [3.8, 4) is 22.8 Å². The number of ether oxygens (including phenoxy) is 1. The van der Waals surface area contributed by atoms with Crippen molar-refractivity contribution >= 4 is 12.0 Å². The Morgan fingerprint density at radius 1 is 0.738 bits per heavy atom. The molecule has 5 heteroatoms. The van der Waals surface area contributed by atoms with Crippen molar-refractivity contribution in [2.45, 2.75) is 31.6 Å². The number of hydrazone groups is 1.